The van der Waals surface area contributed by atoms with Gasteiger partial charge in [0, 0.05) is 18.4 Å². The van der Waals surface area contributed by atoms with Crippen molar-refractivity contribution < 1.29 is 0 Å². The summed E-state index contributed by atoms with van der Waals surface area (Å²) < 4.78 is 0. The standard InChI is InChI=1S/C21H21N3S3/c22-21-20(17-6-3-9-27-14-17)18(10-15-4-1-7-25-12-15)23-19(24-21)11-16-5-2-8-26-13-16/h1-3,7-9,12-14H,4-6,10-11H2,(H2,22,23,24). The van der Waals surface area contributed by atoms with Gasteiger partial charge in [-0.25, -0.2) is 9.97 Å². The van der Waals surface area contributed by atoms with Crippen molar-refractivity contribution >= 4 is 46.7 Å². The predicted octanol–water partition coefficient (Wildman–Crippen LogP) is 6.20. The number of rotatable bonds is 5. The van der Waals surface area contributed by atoms with Crippen LogP contribution in [-0.2, 0) is 12.8 Å². The SMILES string of the molecule is Nc1nc(CC2=CSC=CC2)nc(CC2=CSC=CC2)c1C1=CSC=CC1. The van der Waals surface area contributed by atoms with Crippen molar-refractivity contribution in [1.29, 1.82) is 0 Å². The highest BCUT2D eigenvalue weighted by molar-refractivity contribution is 8.05. The molecule has 138 valence electrons. The van der Waals surface area contributed by atoms with Gasteiger partial charge in [0.2, 0.25) is 0 Å². The Morgan fingerprint density at radius 1 is 0.778 bits per heavy atom. The lowest BCUT2D eigenvalue weighted by atomic mass is 9.97. The first-order chi connectivity index (χ1) is 13.3. The Bertz CT molecular complexity index is 907. The molecule has 2 N–H and O–H groups in total. The first-order valence-corrected chi connectivity index (χ1v) is 11.7. The van der Waals surface area contributed by atoms with E-state index in [1.807, 2.05) is 0 Å². The fourth-order valence-corrected chi connectivity index (χ4v) is 5.20. The van der Waals surface area contributed by atoms with Gasteiger partial charge in [0.05, 0.1) is 5.69 Å². The molecule has 0 aromatic carbocycles. The molecule has 0 spiro atoms. The van der Waals surface area contributed by atoms with E-state index in [-0.39, 0.29) is 0 Å². The third kappa shape index (κ3) is 4.81. The molecule has 0 fully saturated rings. The van der Waals surface area contributed by atoms with Gasteiger partial charge in [0.25, 0.3) is 0 Å². The van der Waals surface area contributed by atoms with Gasteiger partial charge in [-0.05, 0) is 57.3 Å². The second kappa shape index (κ2) is 9.04. The minimum absolute atomic E-state index is 0.608. The van der Waals surface area contributed by atoms with Crippen LogP contribution in [0.15, 0.2) is 61.8 Å². The van der Waals surface area contributed by atoms with Crippen molar-refractivity contribution in [2.24, 2.45) is 0 Å². The van der Waals surface area contributed by atoms with Crippen LogP contribution in [0.4, 0.5) is 5.82 Å². The van der Waals surface area contributed by atoms with E-state index in [2.05, 4.69) is 55.7 Å². The minimum atomic E-state index is 0.608. The molecule has 3 aliphatic heterocycles. The summed E-state index contributed by atoms with van der Waals surface area (Å²) in [5, 5.41) is 13.0. The number of nitrogens with zero attached hydrogens (tertiary/aromatic N) is 2. The summed E-state index contributed by atoms with van der Waals surface area (Å²) in [6.45, 7) is 0. The van der Waals surface area contributed by atoms with Crippen molar-refractivity contribution in [3.63, 3.8) is 0 Å². The van der Waals surface area contributed by atoms with Gasteiger partial charge in [-0.2, -0.15) is 0 Å². The summed E-state index contributed by atoms with van der Waals surface area (Å²) in [7, 11) is 0. The van der Waals surface area contributed by atoms with Crippen LogP contribution in [0, 0.1) is 0 Å². The number of nitrogens with two attached hydrogens (primary N) is 1. The molecule has 0 bridgehead atoms. The van der Waals surface area contributed by atoms with Gasteiger partial charge in [0.15, 0.2) is 0 Å². The van der Waals surface area contributed by atoms with E-state index in [1.165, 1.54) is 16.7 Å². The number of hydrogen-bond acceptors (Lipinski definition) is 6. The minimum Gasteiger partial charge on any atom is -0.383 e. The molecule has 27 heavy (non-hydrogen) atoms. The molecular formula is C21H21N3S3. The number of aromatic nitrogens is 2. The number of thioether (sulfide) groups is 3. The van der Waals surface area contributed by atoms with E-state index >= 15 is 0 Å². The lowest BCUT2D eigenvalue weighted by molar-refractivity contribution is 0.884. The molecular weight excluding hydrogens is 390 g/mol. The van der Waals surface area contributed by atoms with E-state index < -0.39 is 0 Å². The highest BCUT2D eigenvalue weighted by atomic mass is 32.2. The van der Waals surface area contributed by atoms with Crippen molar-refractivity contribution in [1.82, 2.24) is 9.97 Å². The monoisotopic (exact) mass is 411 g/mol. The smallest absolute Gasteiger partial charge is 0.135 e. The van der Waals surface area contributed by atoms with Crippen LogP contribution in [0.2, 0.25) is 0 Å². The summed E-state index contributed by atoms with van der Waals surface area (Å²) in [5.41, 5.74) is 12.5. The van der Waals surface area contributed by atoms with Gasteiger partial charge in [-0.1, -0.05) is 29.4 Å². The van der Waals surface area contributed by atoms with Gasteiger partial charge in [0.1, 0.15) is 11.6 Å². The van der Waals surface area contributed by atoms with Gasteiger partial charge in [-0.3, -0.25) is 0 Å². The molecule has 0 radical (unpaired) electrons. The van der Waals surface area contributed by atoms with E-state index in [9.17, 15) is 0 Å². The fraction of sp³-hybridized carbons (Fsp3) is 0.238. The Morgan fingerprint density at radius 2 is 1.41 bits per heavy atom. The summed E-state index contributed by atoms with van der Waals surface area (Å²) in [6, 6.07) is 0. The summed E-state index contributed by atoms with van der Waals surface area (Å²) in [4.78, 5) is 9.66. The van der Waals surface area contributed by atoms with Crippen molar-refractivity contribution in [3.05, 3.63) is 78.9 Å². The van der Waals surface area contributed by atoms with E-state index in [4.69, 9.17) is 10.7 Å². The van der Waals surface area contributed by atoms with Crippen LogP contribution in [0.1, 0.15) is 36.3 Å². The second-order valence-electron chi connectivity index (χ2n) is 6.53. The zero-order valence-corrected chi connectivity index (χ0v) is 17.4. The first kappa shape index (κ1) is 18.7. The molecule has 0 atom stereocenters. The molecule has 0 aliphatic carbocycles. The van der Waals surface area contributed by atoms with Crippen LogP contribution >= 0.6 is 35.3 Å². The Balaban J connectivity index is 1.67. The Kier molecular flexibility index (Phi) is 6.27. The first-order valence-electron chi connectivity index (χ1n) is 8.91. The van der Waals surface area contributed by atoms with Crippen molar-refractivity contribution in [2.45, 2.75) is 32.1 Å². The number of hydrogen-bond donors (Lipinski definition) is 1. The number of nitrogen functional groups attached to an aromatic ring is 1. The highest BCUT2D eigenvalue weighted by Crippen LogP contribution is 2.34. The Morgan fingerprint density at radius 3 is 2.00 bits per heavy atom. The second-order valence-corrected chi connectivity index (χ2v) is 8.87. The molecule has 3 nitrogen and oxygen atoms in total. The Labute approximate surface area is 173 Å². The van der Waals surface area contributed by atoms with E-state index in [1.54, 1.807) is 35.3 Å². The molecule has 1 aromatic rings. The molecule has 0 saturated carbocycles. The Hall–Kier alpha value is -1.63. The lowest BCUT2D eigenvalue weighted by Crippen LogP contribution is -2.11. The quantitative estimate of drug-likeness (QED) is 0.622. The zero-order chi connectivity index (χ0) is 18.5. The lowest BCUT2D eigenvalue weighted by Gasteiger charge is -2.18. The van der Waals surface area contributed by atoms with Crippen LogP contribution < -0.4 is 5.73 Å². The third-order valence-corrected chi connectivity index (χ3v) is 6.87. The fourth-order valence-electron chi connectivity index (χ4n) is 3.22. The van der Waals surface area contributed by atoms with Crippen LogP contribution in [0.5, 0.6) is 0 Å². The average Bonchev–Trinajstić information content (AvgIpc) is 2.70. The molecule has 4 rings (SSSR count). The maximum atomic E-state index is 6.46. The van der Waals surface area contributed by atoms with Crippen molar-refractivity contribution in [3.8, 4) is 0 Å². The molecule has 4 heterocycles. The normalized spacial score (nSPS) is 18.9. The molecule has 0 unspecified atom stereocenters. The molecule has 1 aromatic heterocycles. The summed E-state index contributed by atoms with van der Waals surface area (Å²) >= 11 is 5.14. The van der Waals surface area contributed by atoms with Crippen molar-refractivity contribution in [2.75, 3.05) is 5.73 Å². The topological polar surface area (TPSA) is 51.8 Å². The largest absolute Gasteiger partial charge is 0.383 e. The maximum Gasteiger partial charge on any atom is 0.135 e. The number of allylic oxidation sites excluding steroid dienone is 6. The highest BCUT2D eigenvalue weighted by Gasteiger charge is 2.19. The van der Waals surface area contributed by atoms with E-state index in [0.29, 0.717) is 5.82 Å². The zero-order valence-electron chi connectivity index (χ0n) is 14.9. The van der Waals surface area contributed by atoms with Crippen LogP contribution in [0.25, 0.3) is 5.57 Å². The molecule has 0 saturated heterocycles. The molecule has 3 aliphatic rings. The van der Waals surface area contributed by atoms with Crippen LogP contribution in [0.3, 0.4) is 0 Å². The average molecular weight is 412 g/mol. The van der Waals surface area contributed by atoms with E-state index in [0.717, 1.165) is 49.2 Å². The van der Waals surface area contributed by atoms with Gasteiger partial charge >= 0.3 is 0 Å². The third-order valence-electron chi connectivity index (χ3n) is 4.46. The summed E-state index contributed by atoms with van der Waals surface area (Å²) in [5.74, 6) is 1.43. The maximum absolute atomic E-state index is 6.46. The van der Waals surface area contributed by atoms with Gasteiger partial charge in [-0.15, -0.1) is 35.3 Å². The molecule has 0 amide bonds. The number of anilines is 1. The van der Waals surface area contributed by atoms with Crippen LogP contribution in [-0.4, -0.2) is 9.97 Å². The molecule has 6 heteroatoms. The predicted molar refractivity (Wildman–Crippen MR) is 122 cm³/mol. The summed E-state index contributed by atoms with van der Waals surface area (Å²) in [6.07, 6.45) is 11.0. The van der Waals surface area contributed by atoms with Gasteiger partial charge < -0.3 is 5.73 Å².